The monoisotopic (exact) mass is 467 g/mol. The molecule has 7 N–H and O–H groups in total. The van der Waals surface area contributed by atoms with Crippen LogP contribution in [0.15, 0.2) is 35.3 Å². The Hall–Kier alpha value is -3.34. The summed E-state index contributed by atoms with van der Waals surface area (Å²) >= 11 is 12.2. The van der Waals surface area contributed by atoms with Crippen LogP contribution in [0.5, 0.6) is 5.75 Å². The second-order valence-corrected chi connectivity index (χ2v) is 6.94. The largest absolute Gasteiger partial charge is 0.506 e. The van der Waals surface area contributed by atoms with E-state index in [0.29, 0.717) is 5.69 Å². The van der Waals surface area contributed by atoms with E-state index in [0.717, 1.165) is 0 Å². The average molecular weight is 468 g/mol. The highest BCUT2D eigenvalue weighted by atomic mass is 35.5. The smallest absolute Gasteiger partial charge is 0.303 e. The molecule has 0 atom stereocenters. The van der Waals surface area contributed by atoms with E-state index < -0.39 is 24.3 Å². The number of anilines is 1. The SMILES string of the molecule is NNC=Nc1cccc(C(=O)NCC(=O)Nc2c(Cl)cc(CCC(=O)O)c(O)c2Cl)c1. The summed E-state index contributed by atoms with van der Waals surface area (Å²) in [6, 6.07) is 7.65. The van der Waals surface area contributed by atoms with Crippen LogP contribution in [0.1, 0.15) is 22.3 Å². The fourth-order valence-corrected chi connectivity index (χ4v) is 3.08. The number of aliphatic carboxylic acids is 1. The van der Waals surface area contributed by atoms with Crippen LogP contribution < -0.4 is 21.9 Å². The van der Waals surface area contributed by atoms with Crippen LogP contribution >= 0.6 is 23.2 Å². The van der Waals surface area contributed by atoms with Crippen molar-refractivity contribution < 1.29 is 24.6 Å². The van der Waals surface area contributed by atoms with Gasteiger partial charge in [-0.25, -0.2) is 10.8 Å². The average Bonchev–Trinajstić information content (AvgIpc) is 2.75. The zero-order chi connectivity index (χ0) is 23.0. The van der Waals surface area contributed by atoms with Gasteiger partial charge in [0.1, 0.15) is 17.1 Å². The van der Waals surface area contributed by atoms with Crippen LogP contribution in [0.25, 0.3) is 0 Å². The van der Waals surface area contributed by atoms with Gasteiger partial charge >= 0.3 is 5.97 Å². The van der Waals surface area contributed by atoms with Crippen LogP contribution in [-0.2, 0) is 16.0 Å². The number of hydrazine groups is 1. The number of rotatable bonds is 9. The van der Waals surface area contributed by atoms with Crippen molar-refractivity contribution in [3.05, 3.63) is 51.5 Å². The lowest BCUT2D eigenvalue weighted by Crippen LogP contribution is -2.33. The van der Waals surface area contributed by atoms with E-state index in [9.17, 15) is 19.5 Å². The highest BCUT2D eigenvalue weighted by molar-refractivity contribution is 6.40. The van der Waals surface area contributed by atoms with E-state index in [1.807, 2.05) is 0 Å². The summed E-state index contributed by atoms with van der Waals surface area (Å²) in [4.78, 5) is 39.2. The number of amides is 2. The molecule has 2 amide bonds. The van der Waals surface area contributed by atoms with E-state index in [4.69, 9.17) is 34.2 Å². The van der Waals surface area contributed by atoms with Gasteiger partial charge in [-0.3, -0.25) is 14.4 Å². The van der Waals surface area contributed by atoms with Crippen molar-refractivity contribution in [1.82, 2.24) is 10.7 Å². The zero-order valence-electron chi connectivity index (χ0n) is 16.0. The first-order valence-corrected chi connectivity index (χ1v) is 9.57. The van der Waals surface area contributed by atoms with Crippen molar-refractivity contribution in [2.24, 2.45) is 10.8 Å². The molecule has 0 heterocycles. The van der Waals surface area contributed by atoms with Gasteiger partial charge in [0.25, 0.3) is 5.91 Å². The van der Waals surface area contributed by atoms with Crippen LogP contribution in [0.2, 0.25) is 10.0 Å². The summed E-state index contributed by atoms with van der Waals surface area (Å²) in [5, 5.41) is 23.6. The molecule has 0 aliphatic rings. The zero-order valence-corrected chi connectivity index (χ0v) is 17.5. The summed E-state index contributed by atoms with van der Waals surface area (Å²) in [6.45, 7) is -0.398. The number of hydrogen-bond donors (Lipinski definition) is 6. The normalized spacial score (nSPS) is 10.7. The standard InChI is InChI=1S/C19H19Cl2N5O5/c20-13-7-10(4-5-15(28)29)18(30)16(21)17(13)26-14(27)8-23-19(31)11-2-1-3-12(6-11)24-9-25-22/h1-3,6-7,9,30H,4-5,8,22H2,(H,23,31)(H,24,25)(H,26,27)(H,28,29). The number of nitrogens with one attached hydrogen (secondary N) is 3. The van der Waals surface area contributed by atoms with Gasteiger partial charge in [-0.15, -0.1) is 0 Å². The predicted molar refractivity (Wildman–Crippen MR) is 117 cm³/mol. The third-order valence-electron chi connectivity index (χ3n) is 3.95. The number of benzene rings is 2. The van der Waals surface area contributed by atoms with Crippen LogP contribution in [0.3, 0.4) is 0 Å². The van der Waals surface area contributed by atoms with Crippen molar-refractivity contribution in [3.8, 4) is 5.75 Å². The number of nitrogens with two attached hydrogens (primary N) is 1. The molecule has 0 aliphatic carbocycles. The molecule has 0 saturated carbocycles. The van der Waals surface area contributed by atoms with Crippen molar-refractivity contribution in [1.29, 1.82) is 0 Å². The van der Waals surface area contributed by atoms with Crippen LogP contribution in [-0.4, -0.2) is 40.9 Å². The molecular weight excluding hydrogens is 449 g/mol. The van der Waals surface area contributed by atoms with Crippen molar-refractivity contribution >= 4 is 58.7 Å². The number of carboxylic acids is 1. The Bertz CT molecular complexity index is 1030. The number of halogens is 2. The highest BCUT2D eigenvalue weighted by Crippen LogP contribution is 2.40. The molecule has 0 aliphatic heterocycles. The number of phenols is 1. The number of aromatic hydroxyl groups is 1. The van der Waals surface area contributed by atoms with Gasteiger partial charge in [0.2, 0.25) is 5.91 Å². The Morgan fingerprint density at radius 2 is 1.94 bits per heavy atom. The first kappa shape index (κ1) is 23.9. The molecular formula is C19H19Cl2N5O5. The molecule has 10 nitrogen and oxygen atoms in total. The quantitative estimate of drug-likeness (QED) is 0.142. The topological polar surface area (TPSA) is 166 Å². The molecule has 164 valence electrons. The molecule has 12 heteroatoms. The van der Waals surface area contributed by atoms with Gasteiger partial charge in [0.05, 0.1) is 22.9 Å². The summed E-state index contributed by atoms with van der Waals surface area (Å²) in [5.74, 6) is 2.52. The Balaban J connectivity index is 2.03. The maximum atomic E-state index is 12.3. The molecule has 2 aromatic carbocycles. The van der Waals surface area contributed by atoms with E-state index in [1.54, 1.807) is 18.2 Å². The molecule has 0 radical (unpaired) electrons. The minimum atomic E-state index is -1.05. The van der Waals surface area contributed by atoms with E-state index in [-0.39, 0.29) is 45.5 Å². The molecule has 0 bridgehead atoms. The highest BCUT2D eigenvalue weighted by Gasteiger charge is 2.18. The Kier molecular flexibility index (Phi) is 8.62. The first-order valence-electron chi connectivity index (χ1n) is 8.81. The lowest BCUT2D eigenvalue weighted by atomic mass is 10.1. The molecule has 0 fully saturated rings. The number of phenolic OH excluding ortho intramolecular Hbond substituents is 1. The fourth-order valence-electron chi connectivity index (χ4n) is 2.49. The number of hydrogen-bond acceptors (Lipinski definition) is 6. The lowest BCUT2D eigenvalue weighted by Gasteiger charge is -2.14. The van der Waals surface area contributed by atoms with E-state index >= 15 is 0 Å². The van der Waals surface area contributed by atoms with Crippen LogP contribution in [0, 0.1) is 0 Å². The van der Waals surface area contributed by atoms with E-state index in [2.05, 4.69) is 21.1 Å². The maximum Gasteiger partial charge on any atom is 0.303 e. The number of aryl methyl sites for hydroxylation is 1. The number of carboxylic acid groups (broad SMARTS) is 1. The molecule has 2 aromatic rings. The number of nitrogens with zero attached hydrogens (tertiary/aromatic N) is 1. The minimum Gasteiger partial charge on any atom is -0.506 e. The summed E-state index contributed by atoms with van der Waals surface area (Å²) in [7, 11) is 0. The lowest BCUT2D eigenvalue weighted by molar-refractivity contribution is -0.137. The third kappa shape index (κ3) is 6.85. The molecule has 0 saturated heterocycles. The molecule has 0 unspecified atom stereocenters. The van der Waals surface area contributed by atoms with Crippen LogP contribution in [0.4, 0.5) is 11.4 Å². The third-order valence-corrected chi connectivity index (χ3v) is 4.62. The maximum absolute atomic E-state index is 12.3. The predicted octanol–water partition coefficient (Wildman–Crippen LogP) is 2.21. The van der Waals surface area contributed by atoms with Crippen molar-refractivity contribution in [3.63, 3.8) is 0 Å². The first-order chi connectivity index (χ1) is 14.7. The Morgan fingerprint density at radius 3 is 2.61 bits per heavy atom. The molecule has 2 rings (SSSR count). The van der Waals surface area contributed by atoms with Gasteiger partial charge in [-0.05, 0) is 36.2 Å². The molecule has 0 spiro atoms. The minimum absolute atomic E-state index is 0.00927. The van der Waals surface area contributed by atoms with Gasteiger partial charge in [0.15, 0.2) is 0 Å². The molecule has 31 heavy (non-hydrogen) atoms. The van der Waals surface area contributed by atoms with E-state index in [1.165, 1.54) is 18.5 Å². The second kappa shape index (κ2) is 11.2. The van der Waals surface area contributed by atoms with Gasteiger partial charge in [-0.2, -0.15) is 0 Å². The van der Waals surface area contributed by atoms with Gasteiger partial charge in [-0.1, -0.05) is 29.3 Å². The van der Waals surface area contributed by atoms with Gasteiger partial charge in [0, 0.05) is 12.0 Å². The molecule has 0 aromatic heterocycles. The van der Waals surface area contributed by atoms with Crippen molar-refractivity contribution in [2.75, 3.05) is 11.9 Å². The number of carbonyl (C=O) groups is 3. The van der Waals surface area contributed by atoms with Crippen molar-refractivity contribution in [2.45, 2.75) is 12.8 Å². The van der Waals surface area contributed by atoms with Gasteiger partial charge < -0.3 is 26.3 Å². The fraction of sp³-hybridized carbons (Fsp3) is 0.158. The Labute approximate surface area is 187 Å². The summed E-state index contributed by atoms with van der Waals surface area (Å²) in [5.41, 5.74) is 3.18. The summed E-state index contributed by atoms with van der Waals surface area (Å²) < 4.78 is 0. The second-order valence-electron chi connectivity index (χ2n) is 6.15. The Morgan fingerprint density at radius 1 is 1.19 bits per heavy atom. The number of aliphatic imine (C=N–C) groups is 1. The summed E-state index contributed by atoms with van der Waals surface area (Å²) in [6.07, 6.45) is 1.03. The number of carbonyl (C=O) groups excluding carboxylic acids is 2.